The van der Waals surface area contributed by atoms with Gasteiger partial charge < -0.3 is 10.1 Å². The summed E-state index contributed by atoms with van der Waals surface area (Å²) in [6.07, 6.45) is 5.05. The monoisotopic (exact) mass is 230 g/mol. The molecule has 0 aliphatic heterocycles. The molecule has 0 spiro atoms. The van der Waals surface area contributed by atoms with Gasteiger partial charge in [0.1, 0.15) is 12.1 Å². The number of nitrogens with one attached hydrogen (secondary N) is 1. The minimum absolute atomic E-state index is 0.580. The van der Waals surface area contributed by atoms with Crippen molar-refractivity contribution in [1.82, 2.24) is 15.0 Å². The van der Waals surface area contributed by atoms with Gasteiger partial charge in [0, 0.05) is 25.0 Å². The third-order valence-corrected chi connectivity index (χ3v) is 2.13. The number of ether oxygens (including phenoxy) is 1. The van der Waals surface area contributed by atoms with E-state index in [9.17, 15) is 0 Å². The summed E-state index contributed by atoms with van der Waals surface area (Å²) in [5, 5.41) is 3.19. The van der Waals surface area contributed by atoms with E-state index in [-0.39, 0.29) is 0 Å². The van der Waals surface area contributed by atoms with Gasteiger partial charge in [-0.3, -0.25) is 4.98 Å². The fourth-order valence-electron chi connectivity index (χ4n) is 1.36. The Morgan fingerprint density at radius 1 is 1.35 bits per heavy atom. The molecule has 2 heterocycles. The highest BCUT2D eigenvalue weighted by atomic mass is 16.5. The lowest BCUT2D eigenvalue weighted by molar-refractivity contribution is 0.326. The van der Waals surface area contributed by atoms with Crippen LogP contribution in [0.1, 0.15) is 12.5 Å². The van der Waals surface area contributed by atoms with Crippen molar-refractivity contribution in [3.8, 4) is 5.88 Å². The summed E-state index contributed by atoms with van der Waals surface area (Å²) < 4.78 is 5.30. The molecule has 2 rings (SSSR count). The first-order valence-corrected chi connectivity index (χ1v) is 5.46. The van der Waals surface area contributed by atoms with Gasteiger partial charge >= 0.3 is 0 Å². The number of hydrogen-bond donors (Lipinski definition) is 1. The zero-order chi connectivity index (χ0) is 11.9. The molecule has 0 fully saturated rings. The topological polar surface area (TPSA) is 59.9 Å². The summed E-state index contributed by atoms with van der Waals surface area (Å²) in [4.78, 5) is 12.2. The van der Waals surface area contributed by atoms with Crippen LogP contribution in [0.25, 0.3) is 0 Å². The Bertz CT molecular complexity index is 461. The van der Waals surface area contributed by atoms with Crippen molar-refractivity contribution in [2.75, 3.05) is 11.9 Å². The van der Waals surface area contributed by atoms with E-state index < -0.39 is 0 Å². The van der Waals surface area contributed by atoms with Crippen LogP contribution < -0.4 is 10.1 Å². The second-order valence-electron chi connectivity index (χ2n) is 3.39. The molecular formula is C12H14N4O. The van der Waals surface area contributed by atoms with Gasteiger partial charge in [0.25, 0.3) is 0 Å². The van der Waals surface area contributed by atoms with E-state index >= 15 is 0 Å². The van der Waals surface area contributed by atoms with E-state index in [1.165, 1.54) is 6.33 Å². The number of rotatable bonds is 5. The summed E-state index contributed by atoms with van der Waals surface area (Å²) in [6, 6.07) is 5.69. The zero-order valence-electron chi connectivity index (χ0n) is 9.63. The standard InChI is InChI=1S/C12H14N4O/c1-2-17-12-6-11(15-9-16-12)14-8-10-4-3-5-13-7-10/h3-7,9H,2,8H2,1H3,(H,14,15,16). The fraction of sp³-hybridized carbons (Fsp3) is 0.250. The highest BCUT2D eigenvalue weighted by Crippen LogP contribution is 2.11. The van der Waals surface area contributed by atoms with Crippen molar-refractivity contribution >= 4 is 5.82 Å². The van der Waals surface area contributed by atoms with E-state index in [1.807, 2.05) is 25.3 Å². The fourth-order valence-corrected chi connectivity index (χ4v) is 1.36. The van der Waals surface area contributed by atoms with Crippen LogP contribution in [0.2, 0.25) is 0 Å². The molecule has 17 heavy (non-hydrogen) atoms. The number of hydrogen-bond acceptors (Lipinski definition) is 5. The Balaban J connectivity index is 1.97. The van der Waals surface area contributed by atoms with Crippen molar-refractivity contribution in [2.45, 2.75) is 13.5 Å². The van der Waals surface area contributed by atoms with Crippen LogP contribution in [-0.4, -0.2) is 21.6 Å². The van der Waals surface area contributed by atoms with Gasteiger partial charge in [0.2, 0.25) is 5.88 Å². The molecule has 0 atom stereocenters. The lowest BCUT2D eigenvalue weighted by Gasteiger charge is -2.06. The molecule has 0 saturated carbocycles. The average molecular weight is 230 g/mol. The largest absolute Gasteiger partial charge is 0.478 e. The Hall–Kier alpha value is -2.17. The first-order valence-electron chi connectivity index (χ1n) is 5.46. The third kappa shape index (κ3) is 3.41. The van der Waals surface area contributed by atoms with Gasteiger partial charge in [-0.15, -0.1) is 0 Å². The van der Waals surface area contributed by atoms with Crippen LogP contribution in [0.3, 0.4) is 0 Å². The SMILES string of the molecule is CCOc1cc(NCc2cccnc2)ncn1. The van der Waals surface area contributed by atoms with Crippen molar-refractivity contribution in [1.29, 1.82) is 0 Å². The molecule has 2 aromatic heterocycles. The van der Waals surface area contributed by atoms with Gasteiger partial charge in [-0.05, 0) is 18.6 Å². The average Bonchev–Trinajstić information content (AvgIpc) is 2.39. The van der Waals surface area contributed by atoms with Crippen molar-refractivity contribution in [3.05, 3.63) is 42.5 Å². The zero-order valence-corrected chi connectivity index (χ0v) is 9.63. The van der Waals surface area contributed by atoms with E-state index in [0.29, 0.717) is 19.0 Å². The predicted octanol–water partition coefficient (Wildman–Crippen LogP) is 1.88. The Morgan fingerprint density at radius 2 is 2.29 bits per heavy atom. The van der Waals surface area contributed by atoms with Crippen LogP contribution in [0.5, 0.6) is 5.88 Å². The highest BCUT2D eigenvalue weighted by Gasteiger charge is 1.99. The quantitative estimate of drug-likeness (QED) is 0.849. The van der Waals surface area contributed by atoms with Crippen molar-refractivity contribution in [2.24, 2.45) is 0 Å². The first-order chi connectivity index (χ1) is 8.38. The Kier molecular flexibility index (Phi) is 3.85. The predicted molar refractivity (Wildman–Crippen MR) is 64.8 cm³/mol. The molecule has 0 aliphatic rings. The van der Waals surface area contributed by atoms with Gasteiger partial charge in [-0.25, -0.2) is 9.97 Å². The molecule has 0 amide bonds. The first kappa shape index (κ1) is 11.3. The number of aromatic nitrogens is 3. The van der Waals surface area contributed by atoms with E-state index in [4.69, 9.17) is 4.74 Å². The minimum Gasteiger partial charge on any atom is -0.478 e. The summed E-state index contributed by atoms with van der Waals surface area (Å²) in [5.74, 6) is 1.32. The van der Waals surface area contributed by atoms with Crippen LogP contribution in [0.4, 0.5) is 5.82 Å². The van der Waals surface area contributed by atoms with Crippen LogP contribution in [0, 0.1) is 0 Å². The second-order valence-corrected chi connectivity index (χ2v) is 3.39. The highest BCUT2D eigenvalue weighted by molar-refractivity contribution is 5.37. The molecule has 0 bridgehead atoms. The van der Waals surface area contributed by atoms with Gasteiger partial charge in [-0.2, -0.15) is 0 Å². The smallest absolute Gasteiger partial charge is 0.218 e. The summed E-state index contributed by atoms with van der Waals surface area (Å²) in [6.45, 7) is 3.19. The minimum atomic E-state index is 0.580. The molecule has 0 aliphatic carbocycles. The maximum Gasteiger partial charge on any atom is 0.218 e. The van der Waals surface area contributed by atoms with Crippen LogP contribution in [0.15, 0.2) is 36.9 Å². The summed E-state index contributed by atoms with van der Waals surface area (Å²) in [7, 11) is 0. The van der Waals surface area contributed by atoms with Gasteiger partial charge in [0.15, 0.2) is 0 Å². The maximum atomic E-state index is 5.30. The Labute approximate surface area is 99.9 Å². The summed E-state index contributed by atoms with van der Waals surface area (Å²) >= 11 is 0. The lowest BCUT2D eigenvalue weighted by atomic mass is 10.3. The molecule has 5 heteroatoms. The van der Waals surface area contributed by atoms with Crippen LogP contribution in [-0.2, 0) is 6.54 Å². The number of pyridine rings is 1. The van der Waals surface area contributed by atoms with Crippen LogP contribution >= 0.6 is 0 Å². The Morgan fingerprint density at radius 3 is 3.06 bits per heavy atom. The molecule has 0 unspecified atom stereocenters. The number of anilines is 1. The lowest BCUT2D eigenvalue weighted by Crippen LogP contribution is -2.03. The summed E-state index contributed by atoms with van der Waals surface area (Å²) in [5.41, 5.74) is 1.10. The molecule has 0 radical (unpaired) electrons. The van der Waals surface area contributed by atoms with E-state index in [1.54, 1.807) is 12.3 Å². The van der Waals surface area contributed by atoms with Gasteiger partial charge in [0.05, 0.1) is 6.61 Å². The maximum absolute atomic E-state index is 5.30. The molecule has 88 valence electrons. The third-order valence-electron chi connectivity index (χ3n) is 2.13. The van der Waals surface area contributed by atoms with Crippen molar-refractivity contribution in [3.63, 3.8) is 0 Å². The number of nitrogens with zero attached hydrogens (tertiary/aromatic N) is 3. The van der Waals surface area contributed by atoms with E-state index in [2.05, 4.69) is 20.3 Å². The molecule has 5 nitrogen and oxygen atoms in total. The van der Waals surface area contributed by atoms with Crippen molar-refractivity contribution < 1.29 is 4.74 Å². The molecule has 1 N–H and O–H groups in total. The second kappa shape index (κ2) is 5.79. The van der Waals surface area contributed by atoms with Gasteiger partial charge in [-0.1, -0.05) is 6.07 Å². The molecule has 0 saturated heterocycles. The molecular weight excluding hydrogens is 216 g/mol. The van der Waals surface area contributed by atoms with E-state index in [0.717, 1.165) is 11.4 Å². The molecule has 2 aromatic rings. The molecule has 0 aromatic carbocycles. The normalized spacial score (nSPS) is 9.94.